The predicted molar refractivity (Wildman–Crippen MR) is 97.4 cm³/mol. The van der Waals surface area contributed by atoms with Crippen molar-refractivity contribution in [3.63, 3.8) is 0 Å². The third kappa shape index (κ3) is 2.89. The number of carbonyl (C=O) groups is 1. The second-order valence-corrected chi connectivity index (χ2v) is 6.00. The lowest BCUT2D eigenvalue weighted by Crippen LogP contribution is -2.14. The molecule has 6 nitrogen and oxygen atoms in total. The number of aromatic nitrogens is 4. The van der Waals surface area contributed by atoms with Crippen LogP contribution in [0.1, 0.15) is 16.1 Å². The zero-order chi connectivity index (χ0) is 17.4. The molecule has 0 saturated carbocycles. The van der Waals surface area contributed by atoms with Crippen LogP contribution < -0.4 is 5.32 Å². The number of pyridine rings is 1. The first kappa shape index (κ1) is 15.1. The maximum Gasteiger partial charge on any atom is 0.276 e. The van der Waals surface area contributed by atoms with Gasteiger partial charge in [-0.25, -0.2) is 4.98 Å². The SMILES string of the molecule is Cc1cn(C)nc1C(=O)Nc1cnc2[nH]c(-c3ccccc3)cc2c1. The highest BCUT2D eigenvalue weighted by Gasteiger charge is 2.14. The Morgan fingerprint density at radius 1 is 1.20 bits per heavy atom. The highest BCUT2D eigenvalue weighted by molar-refractivity contribution is 6.04. The molecule has 0 aliphatic carbocycles. The van der Waals surface area contributed by atoms with Crippen LogP contribution in [0.5, 0.6) is 0 Å². The third-order valence-electron chi connectivity index (χ3n) is 4.04. The van der Waals surface area contributed by atoms with Gasteiger partial charge < -0.3 is 10.3 Å². The summed E-state index contributed by atoms with van der Waals surface area (Å²) >= 11 is 0. The number of nitrogens with one attached hydrogen (secondary N) is 2. The van der Waals surface area contributed by atoms with E-state index in [1.54, 1.807) is 17.9 Å². The van der Waals surface area contributed by atoms with E-state index in [4.69, 9.17) is 0 Å². The smallest absolute Gasteiger partial charge is 0.276 e. The number of H-pyrrole nitrogens is 1. The van der Waals surface area contributed by atoms with Crippen LogP contribution in [0.4, 0.5) is 5.69 Å². The standard InChI is InChI=1S/C19H17N5O/c1-12-11-24(2)23-17(12)19(25)21-15-8-14-9-16(22-18(14)20-10-15)13-6-4-3-5-7-13/h3-11H,1-2H3,(H,20,22)(H,21,25). The summed E-state index contributed by atoms with van der Waals surface area (Å²) in [4.78, 5) is 20.1. The molecule has 4 aromatic rings. The molecule has 25 heavy (non-hydrogen) atoms. The van der Waals surface area contributed by atoms with Crippen LogP contribution in [-0.4, -0.2) is 25.7 Å². The van der Waals surface area contributed by atoms with Gasteiger partial charge in [-0.3, -0.25) is 9.48 Å². The Balaban J connectivity index is 1.63. The summed E-state index contributed by atoms with van der Waals surface area (Å²) in [6.45, 7) is 1.86. The van der Waals surface area contributed by atoms with Gasteiger partial charge in [0.2, 0.25) is 0 Å². The van der Waals surface area contributed by atoms with E-state index in [0.29, 0.717) is 11.4 Å². The van der Waals surface area contributed by atoms with Crippen molar-refractivity contribution in [2.24, 2.45) is 7.05 Å². The average molecular weight is 331 g/mol. The van der Waals surface area contributed by atoms with Gasteiger partial charge in [-0.05, 0) is 24.6 Å². The molecule has 0 fully saturated rings. The van der Waals surface area contributed by atoms with Crippen LogP contribution in [0.2, 0.25) is 0 Å². The number of rotatable bonds is 3. The molecule has 0 bridgehead atoms. The van der Waals surface area contributed by atoms with Crippen LogP contribution in [0, 0.1) is 6.92 Å². The van der Waals surface area contributed by atoms with Gasteiger partial charge >= 0.3 is 0 Å². The maximum atomic E-state index is 12.4. The molecule has 0 spiro atoms. The van der Waals surface area contributed by atoms with Gasteiger partial charge in [-0.1, -0.05) is 30.3 Å². The molecule has 0 radical (unpaired) electrons. The first-order chi connectivity index (χ1) is 12.1. The lowest BCUT2D eigenvalue weighted by Gasteiger charge is -2.03. The molecule has 6 heteroatoms. The fourth-order valence-electron chi connectivity index (χ4n) is 2.88. The zero-order valence-corrected chi connectivity index (χ0v) is 13.9. The van der Waals surface area contributed by atoms with E-state index in [-0.39, 0.29) is 5.91 Å². The summed E-state index contributed by atoms with van der Waals surface area (Å²) in [5, 5.41) is 7.99. The Kier molecular flexibility index (Phi) is 3.57. The summed E-state index contributed by atoms with van der Waals surface area (Å²) in [6.07, 6.45) is 3.46. The fourth-order valence-corrected chi connectivity index (χ4v) is 2.88. The number of amides is 1. The van der Waals surface area contributed by atoms with Gasteiger partial charge in [0.1, 0.15) is 5.65 Å². The number of anilines is 1. The van der Waals surface area contributed by atoms with E-state index in [1.165, 1.54) is 0 Å². The van der Waals surface area contributed by atoms with Crippen LogP contribution >= 0.6 is 0 Å². The van der Waals surface area contributed by atoms with E-state index in [1.807, 2.05) is 55.6 Å². The molecule has 2 N–H and O–H groups in total. The van der Waals surface area contributed by atoms with Gasteiger partial charge in [0.05, 0.1) is 11.9 Å². The number of aryl methyl sites for hydroxylation is 2. The second-order valence-electron chi connectivity index (χ2n) is 6.00. The number of benzene rings is 1. The third-order valence-corrected chi connectivity index (χ3v) is 4.04. The minimum absolute atomic E-state index is 0.238. The molecule has 0 saturated heterocycles. The zero-order valence-electron chi connectivity index (χ0n) is 13.9. The number of fused-ring (bicyclic) bond motifs is 1. The first-order valence-electron chi connectivity index (χ1n) is 7.96. The first-order valence-corrected chi connectivity index (χ1v) is 7.96. The van der Waals surface area contributed by atoms with Crippen molar-refractivity contribution in [2.75, 3.05) is 5.32 Å². The van der Waals surface area contributed by atoms with Crippen molar-refractivity contribution in [3.8, 4) is 11.3 Å². The van der Waals surface area contributed by atoms with Crippen molar-refractivity contribution in [2.45, 2.75) is 6.92 Å². The largest absolute Gasteiger partial charge is 0.339 e. The van der Waals surface area contributed by atoms with Gasteiger partial charge in [0.25, 0.3) is 5.91 Å². The van der Waals surface area contributed by atoms with Gasteiger partial charge in [0, 0.05) is 29.9 Å². The van der Waals surface area contributed by atoms with Crippen molar-refractivity contribution in [1.29, 1.82) is 0 Å². The molecule has 0 aliphatic rings. The topological polar surface area (TPSA) is 75.6 Å². The van der Waals surface area contributed by atoms with Crippen molar-refractivity contribution in [3.05, 3.63) is 66.1 Å². The lowest BCUT2D eigenvalue weighted by molar-refractivity contribution is 0.102. The van der Waals surface area contributed by atoms with Crippen LogP contribution in [-0.2, 0) is 7.05 Å². The quantitative estimate of drug-likeness (QED) is 0.603. The van der Waals surface area contributed by atoms with Crippen molar-refractivity contribution < 1.29 is 4.79 Å². The molecule has 0 unspecified atom stereocenters. The summed E-state index contributed by atoms with van der Waals surface area (Å²) < 4.78 is 1.63. The Morgan fingerprint density at radius 3 is 2.72 bits per heavy atom. The molecule has 124 valence electrons. The minimum Gasteiger partial charge on any atom is -0.339 e. The Morgan fingerprint density at radius 2 is 2.00 bits per heavy atom. The maximum absolute atomic E-state index is 12.4. The normalized spacial score (nSPS) is 11.0. The van der Waals surface area contributed by atoms with E-state index in [2.05, 4.69) is 20.4 Å². The monoisotopic (exact) mass is 331 g/mol. The Bertz CT molecular complexity index is 1060. The predicted octanol–water partition coefficient (Wildman–Crippen LogP) is 3.52. The van der Waals surface area contributed by atoms with Crippen LogP contribution in [0.15, 0.2) is 54.9 Å². The number of hydrogen-bond acceptors (Lipinski definition) is 3. The molecule has 3 aromatic heterocycles. The number of aromatic amines is 1. The van der Waals surface area contributed by atoms with Gasteiger partial charge in [-0.15, -0.1) is 0 Å². The highest BCUT2D eigenvalue weighted by Crippen LogP contribution is 2.24. The van der Waals surface area contributed by atoms with E-state index >= 15 is 0 Å². The number of carbonyl (C=O) groups excluding carboxylic acids is 1. The molecule has 3 heterocycles. The highest BCUT2D eigenvalue weighted by atomic mass is 16.2. The van der Waals surface area contributed by atoms with Crippen LogP contribution in [0.3, 0.4) is 0 Å². The Labute approximate surface area is 144 Å². The van der Waals surface area contributed by atoms with Gasteiger partial charge in [-0.2, -0.15) is 5.10 Å². The summed E-state index contributed by atoms with van der Waals surface area (Å²) in [6, 6.07) is 14.0. The molecular weight excluding hydrogens is 314 g/mol. The van der Waals surface area contributed by atoms with Crippen molar-refractivity contribution in [1.82, 2.24) is 19.7 Å². The fraction of sp³-hybridized carbons (Fsp3) is 0.105. The summed E-state index contributed by atoms with van der Waals surface area (Å²) in [7, 11) is 1.79. The lowest BCUT2D eigenvalue weighted by atomic mass is 10.1. The molecule has 1 amide bonds. The van der Waals surface area contributed by atoms with E-state index in [9.17, 15) is 4.79 Å². The molecule has 1 aromatic carbocycles. The number of hydrogen-bond donors (Lipinski definition) is 2. The Hall–Kier alpha value is -3.41. The van der Waals surface area contributed by atoms with Gasteiger partial charge in [0.15, 0.2) is 5.69 Å². The van der Waals surface area contributed by atoms with Crippen molar-refractivity contribution >= 4 is 22.6 Å². The summed E-state index contributed by atoms with van der Waals surface area (Å²) in [5.74, 6) is -0.238. The molecule has 0 atom stereocenters. The molecule has 0 aliphatic heterocycles. The summed E-state index contributed by atoms with van der Waals surface area (Å²) in [5.41, 5.74) is 4.76. The molecule has 4 rings (SSSR count). The van der Waals surface area contributed by atoms with E-state index in [0.717, 1.165) is 27.9 Å². The average Bonchev–Trinajstić information content (AvgIpc) is 3.18. The van der Waals surface area contributed by atoms with Crippen LogP contribution in [0.25, 0.3) is 22.3 Å². The molecular formula is C19H17N5O. The number of nitrogens with zero attached hydrogens (tertiary/aromatic N) is 3. The minimum atomic E-state index is -0.238. The second kappa shape index (κ2) is 5.90. The van der Waals surface area contributed by atoms with E-state index < -0.39 is 0 Å².